The van der Waals surface area contributed by atoms with E-state index in [1.54, 1.807) is 0 Å². The van der Waals surface area contributed by atoms with Crippen molar-refractivity contribution in [3.05, 3.63) is 28.8 Å². The third-order valence-electron chi connectivity index (χ3n) is 5.63. The van der Waals surface area contributed by atoms with Gasteiger partial charge in [0.1, 0.15) is 5.41 Å². The highest BCUT2D eigenvalue weighted by atomic mass is 16.4. The Morgan fingerprint density at radius 1 is 1.11 bits per heavy atom. The Labute approximate surface area is 114 Å². The predicted molar refractivity (Wildman–Crippen MR) is 77.2 cm³/mol. The molecule has 3 N–H and O–H groups in total. The lowest BCUT2D eigenvalue weighted by Crippen LogP contribution is -2.29. The first-order chi connectivity index (χ1) is 8.51. The molecule has 104 valence electrons. The second kappa shape index (κ2) is 3.53. The molecule has 0 saturated heterocycles. The quantitative estimate of drug-likeness (QED) is 0.803. The molecule has 19 heavy (non-hydrogen) atoms. The molecule has 0 bridgehead atoms. The van der Waals surface area contributed by atoms with Crippen LogP contribution in [0.1, 0.15) is 44.4 Å². The zero-order valence-corrected chi connectivity index (χ0v) is 12.6. The van der Waals surface area contributed by atoms with E-state index in [1.165, 1.54) is 0 Å². The number of aryl methyl sites for hydroxylation is 2. The average Bonchev–Trinajstić information content (AvgIpc) is 2.60. The molecule has 1 fully saturated rings. The molecule has 0 atom stereocenters. The van der Waals surface area contributed by atoms with Crippen LogP contribution in [0.25, 0.3) is 0 Å². The fraction of sp³-hybridized carbons (Fsp3) is 0.562. The van der Waals surface area contributed by atoms with Gasteiger partial charge in [-0.15, -0.1) is 0 Å². The minimum absolute atomic E-state index is 0.319. The summed E-state index contributed by atoms with van der Waals surface area (Å²) in [6, 6.07) is 3.93. The summed E-state index contributed by atoms with van der Waals surface area (Å²) in [5.74, 6) is -0.779. The van der Waals surface area contributed by atoms with Gasteiger partial charge in [-0.3, -0.25) is 4.79 Å². The van der Waals surface area contributed by atoms with Crippen LogP contribution < -0.4 is 5.73 Å². The van der Waals surface area contributed by atoms with Crippen molar-refractivity contribution in [3.63, 3.8) is 0 Å². The highest BCUT2D eigenvalue weighted by Crippen LogP contribution is 2.78. The summed E-state index contributed by atoms with van der Waals surface area (Å²) in [5, 5.41) is 9.88. The van der Waals surface area contributed by atoms with E-state index in [-0.39, 0.29) is 10.8 Å². The topological polar surface area (TPSA) is 63.3 Å². The van der Waals surface area contributed by atoms with Crippen molar-refractivity contribution in [1.82, 2.24) is 0 Å². The molecule has 1 aromatic rings. The van der Waals surface area contributed by atoms with Gasteiger partial charge >= 0.3 is 5.97 Å². The Kier molecular flexibility index (Phi) is 2.58. The van der Waals surface area contributed by atoms with Crippen molar-refractivity contribution in [3.8, 4) is 0 Å². The largest absolute Gasteiger partial charge is 0.481 e. The standard InChI is InChI=1S/C16H23NO2/c1-9-7-10(2)12(17)11(8-9)16(13(18)19)14(3,4)15(16,5)6/h7-8H,17H2,1-6H3,(H,18,19). The van der Waals surface area contributed by atoms with E-state index in [2.05, 4.69) is 0 Å². The molecule has 1 aromatic carbocycles. The fourth-order valence-corrected chi connectivity index (χ4v) is 3.92. The van der Waals surface area contributed by atoms with Gasteiger partial charge in [0.25, 0.3) is 0 Å². The Morgan fingerprint density at radius 2 is 1.58 bits per heavy atom. The maximum atomic E-state index is 12.0. The summed E-state index contributed by atoms with van der Waals surface area (Å²) in [7, 11) is 0. The van der Waals surface area contributed by atoms with Crippen LogP contribution in [0.5, 0.6) is 0 Å². The van der Waals surface area contributed by atoms with Crippen LogP contribution in [0, 0.1) is 24.7 Å². The van der Waals surface area contributed by atoms with Crippen molar-refractivity contribution in [2.24, 2.45) is 10.8 Å². The summed E-state index contributed by atoms with van der Waals surface area (Å²) < 4.78 is 0. The number of aliphatic carboxylic acids is 1. The number of nitrogens with two attached hydrogens (primary N) is 1. The molecule has 1 saturated carbocycles. The second-order valence-electron chi connectivity index (χ2n) is 6.85. The lowest BCUT2D eigenvalue weighted by atomic mass is 9.83. The lowest BCUT2D eigenvalue weighted by molar-refractivity contribution is -0.141. The maximum Gasteiger partial charge on any atom is 0.315 e. The summed E-state index contributed by atoms with van der Waals surface area (Å²) >= 11 is 0. The highest BCUT2D eigenvalue weighted by Gasteiger charge is 2.82. The monoisotopic (exact) mass is 261 g/mol. The van der Waals surface area contributed by atoms with E-state index < -0.39 is 11.4 Å². The van der Waals surface area contributed by atoms with E-state index in [9.17, 15) is 9.90 Å². The Bertz CT molecular complexity index is 556. The molecular formula is C16H23NO2. The predicted octanol–water partition coefficient (Wildman–Crippen LogP) is 3.27. The number of carboxylic acid groups (broad SMARTS) is 1. The van der Waals surface area contributed by atoms with E-state index >= 15 is 0 Å². The van der Waals surface area contributed by atoms with Crippen LogP contribution in [0.4, 0.5) is 5.69 Å². The van der Waals surface area contributed by atoms with Gasteiger partial charge in [0, 0.05) is 5.69 Å². The minimum Gasteiger partial charge on any atom is -0.481 e. The molecular weight excluding hydrogens is 238 g/mol. The Hall–Kier alpha value is -1.51. The van der Waals surface area contributed by atoms with Gasteiger partial charge in [-0.1, -0.05) is 45.4 Å². The van der Waals surface area contributed by atoms with Crippen molar-refractivity contribution in [2.45, 2.75) is 47.0 Å². The Morgan fingerprint density at radius 3 is 1.95 bits per heavy atom. The molecule has 0 radical (unpaired) electrons. The number of rotatable bonds is 2. The SMILES string of the molecule is Cc1cc(C)c(N)c(C2(C(=O)O)C(C)(C)C2(C)C)c1. The molecule has 1 aliphatic carbocycles. The molecule has 0 heterocycles. The van der Waals surface area contributed by atoms with Crippen molar-refractivity contribution >= 4 is 11.7 Å². The van der Waals surface area contributed by atoms with Crippen LogP contribution >= 0.6 is 0 Å². The number of hydrogen-bond donors (Lipinski definition) is 2. The summed E-state index contributed by atoms with van der Waals surface area (Å²) in [4.78, 5) is 12.0. The number of nitrogen functional groups attached to an aromatic ring is 1. The smallest absolute Gasteiger partial charge is 0.315 e. The zero-order valence-electron chi connectivity index (χ0n) is 12.6. The molecule has 0 amide bonds. The third kappa shape index (κ3) is 1.31. The molecule has 2 rings (SSSR count). The molecule has 3 heteroatoms. The van der Waals surface area contributed by atoms with Crippen LogP contribution in [-0.2, 0) is 10.2 Å². The normalized spacial score (nSPS) is 22.0. The number of carboxylic acids is 1. The fourth-order valence-electron chi connectivity index (χ4n) is 3.92. The van der Waals surface area contributed by atoms with E-state index in [4.69, 9.17) is 5.73 Å². The zero-order chi connectivity index (χ0) is 14.8. The molecule has 0 spiro atoms. The van der Waals surface area contributed by atoms with Crippen LogP contribution in [-0.4, -0.2) is 11.1 Å². The summed E-state index contributed by atoms with van der Waals surface area (Å²) in [6.07, 6.45) is 0. The second-order valence-corrected chi connectivity index (χ2v) is 6.85. The molecule has 3 nitrogen and oxygen atoms in total. The summed E-state index contributed by atoms with van der Waals surface area (Å²) in [6.45, 7) is 12.0. The molecule has 1 aliphatic rings. The van der Waals surface area contributed by atoms with Crippen LogP contribution in [0.15, 0.2) is 12.1 Å². The van der Waals surface area contributed by atoms with E-state index in [0.29, 0.717) is 5.69 Å². The lowest BCUT2D eigenvalue weighted by Gasteiger charge is -2.21. The van der Waals surface area contributed by atoms with Gasteiger partial charge in [0.05, 0.1) is 0 Å². The average molecular weight is 261 g/mol. The number of benzene rings is 1. The number of hydrogen-bond acceptors (Lipinski definition) is 2. The van der Waals surface area contributed by atoms with Crippen LogP contribution in [0.3, 0.4) is 0 Å². The first-order valence-electron chi connectivity index (χ1n) is 6.62. The van der Waals surface area contributed by atoms with Gasteiger partial charge < -0.3 is 10.8 Å². The first kappa shape index (κ1) is 13.9. The van der Waals surface area contributed by atoms with Gasteiger partial charge in [-0.2, -0.15) is 0 Å². The van der Waals surface area contributed by atoms with Crippen molar-refractivity contribution in [2.75, 3.05) is 5.73 Å². The van der Waals surface area contributed by atoms with Crippen molar-refractivity contribution < 1.29 is 9.90 Å². The highest BCUT2D eigenvalue weighted by molar-refractivity contribution is 5.92. The number of anilines is 1. The first-order valence-corrected chi connectivity index (χ1v) is 6.62. The van der Waals surface area contributed by atoms with E-state index in [1.807, 2.05) is 53.7 Å². The van der Waals surface area contributed by atoms with E-state index in [0.717, 1.165) is 16.7 Å². The van der Waals surface area contributed by atoms with Gasteiger partial charge in [-0.25, -0.2) is 0 Å². The van der Waals surface area contributed by atoms with Crippen LogP contribution in [0.2, 0.25) is 0 Å². The van der Waals surface area contributed by atoms with Gasteiger partial charge in [-0.05, 0) is 35.8 Å². The van der Waals surface area contributed by atoms with Crippen molar-refractivity contribution in [1.29, 1.82) is 0 Å². The molecule has 0 aromatic heterocycles. The Balaban J connectivity index is 2.80. The number of carbonyl (C=O) groups is 1. The molecule has 0 unspecified atom stereocenters. The molecule has 0 aliphatic heterocycles. The minimum atomic E-state index is -0.902. The van der Waals surface area contributed by atoms with Gasteiger partial charge in [0.2, 0.25) is 0 Å². The summed E-state index contributed by atoms with van der Waals surface area (Å²) in [5.41, 5.74) is 8.05. The van der Waals surface area contributed by atoms with Gasteiger partial charge in [0.15, 0.2) is 0 Å². The third-order valence-corrected chi connectivity index (χ3v) is 5.63. The maximum absolute atomic E-state index is 12.0.